The topological polar surface area (TPSA) is 62.2 Å². The van der Waals surface area contributed by atoms with Gasteiger partial charge in [0.2, 0.25) is 0 Å². The minimum Gasteiger partial charge on any atom is -0.490 e. The molecular weight excluding hydrogens is 318 g/mol. The molecule has 1 aliphatic heterocycles. The van der Waals surface area contributed by atoms with Crippen LogP contribution in [0.2, 0.25) is 0 Å². The van der Waals surface area contributed by atoms with Gasteiger partial charge in [0, 0.05) is 19.6 Å². The molecule has 5 heteroatoms. The van der Waals surface area contributed by atoms with E-state index < -0.39 is 11.2 Å². The summed E-state index contributed by atoms with van der Waals surface area (Å²) in [5.74, 6) is 0.789. The number of benzene rings is 1. The fourth-order valence-electron chi connectivity index (χ4n) is 3.93. The fraction of sp³-hybridized carbons (Fsp3) is 0.700. The molecule has 1 unspecified atom stereocenters. The number of nitrogens with zero attached hydrogens (tertiary/aromatic N) is 1. The summed E-state index contributed by atoms with van der Waals surface area (Å²) >= 11 is 0. The Morgan fingerprint density at radius 3 is 2.64 bits per heavy atom. The molecule has 0 bridgehead atoms. The van der Waals surface area contributed by atoms with Gasteiger partial charge >= 0.3 is 0 Å². The van der Waals surface area contributed by atoms with Crippen LogP contribution in [-0.2, 0) is 4.74 Å². The molecule has 5 nitrogen and oxygen atoms in total. The van der Waals surface area contributed by atoms with Crippen molar-refractivity contribution in [2.45, 2.75) is 50.2 Å². The summed E-state index contributed by atoms with van der Waals surface area (Å²) in [4.78, 5) is 2.14. The smallest absolute Gasteiger partial charge is 0.134 e. The molecule has 1 saturated carbocycles. The van der Waals surface area contributed by atoms with E-state index >= 15 is 0 Å². The van der Waals surface area contributed by atoms with E-state index in [9.17, 15) is 10.2 Å². The molecule has 140 valence electrons. The van der Waals surface area contributed by atoms with Gasteiger partial charge in [-0.2, -0.15) is 0 Å². The van der Waals surface area contributed by atoms with Crippen LogP contribution in [0.25, 0.3) is 0 Å². The second kappa shape index (κ2) is 8.04. The van der Waals surface area contributed by atoms with Gasteiger partial charge in [-0.3, -0.25) is 4.90 Å². The predicted molar refractivity (Wildman–Crippen MR) is 96.9 cm³/mol. The maximum atomic E-state index is 11.0. The number of β-amino-alcohol motifs (C(OH)–C–C–N with tert-alkyl or cyclic N) is 2. The first kappa shape index (κ1) is 18.6. The molecule has 1 saturated heterocycles. The summed E-state index contributed by atoms with van der Waals surface area (Å²) in [6.45, 7) is 4.80. The van der Waals surface area contributed by atoms with Crippen LogP contribution in [0.5, 0.6) is 5.75 Å². The monoisotopic (exact) mass is 349 g/mol. The summed E-state index contributed by atoms with van der Waals surface area (Å²) in [5, 5.41) is 21.8. The van der Waals surface area contributed by atoms with Crippen LogP contribution in [-0.4, -0.2) is 65.8 Å². The third-order valence-electron chi connectivity index (χ3n) is 5.33. The van der Waals surface area contributed by atoms with E-state index in [2.05, 4.69) is 4.90 Å². The quantitative estimate of drug-likeness (QED) is 0.853. The minimum atomic E-state index is -1.07. The Bertz CT molecular complexity index is 558. The maximum absolute atomic E-state index is 11.0. The van der Waals surface area contributed by atoms with E-state index in [4.69, 9.17) is 9.47 Å². The highest BCUT2D eigenvalue weighted by Gasteiger charge is 2.38. The van der Waals surface area contributed by atoms with E-state index in [1.807, 2.05) is 31.2 Å². The standard InChI is InChI=1S/C20H31NO4/c1-17-7-3-4-8-18(17)25-16-20(23)14-21(11-12-24-15-20)13-19(22)9-5-2-6-10-19/h3-4,7-8,22-23H,2,5-6,9-16H2,1H3. The van der Waals surface area contributed by atoms with Crippen molar-refractivity contribution in [2.24, 2.45) is 0 Å². The summed E-state index contributed by atoms with van der Waals surface area (Å²) in [6, 6.07) is 7.81. The first-order valence-electron chi connectivity index (χ1n) is 9.41. The summed E-state index contributed by atoms with van der Waals surface area (Å²) in [6.07, 6.45) is 5.08. The van der Waals surface area contributed by atoms with Crippen LogP contribution < -0.4 is 4.74 Å². The fourth-order valence-corrected chi connectivity index (χ4v) is 3.93. The first-order chi connectivity index (χ1) is 12.0. The van der Waals surface area contributed by atoms with Gasteiger partial charge in [0.1, 0.15) is 18.0 Å². The van der Waals surface area contributed by atoms with Crippen LogP contribution in [0.4, 0.5) is 0 Å². The Morgan fingerprint density at radius 2 is 1.88 bits per heavy atom. The number of ether oxygens (including phenoxy) is 2. The molecule has 0 aromatic heterocycles. The zero-order chi connectivity index (χ0) is 17.8. The third kappa shape index (κ3) is 5.17. The highest BCUT2D eigenvalue weighted by Crippen LogP contribution is 2.29. The predicted octanol–water partition coefficient (Wildman–Crippen LogP) is 2.13. The van der Waals surface area contributed by atoms with Crippen molar-refractivity contribution in [2.75, 3.05) is 39.5 Å². The van der Waals surface area contributed by atoms with E-state index in [1.165, 1.54) is 6.42 Å². The normalized spacial score (nSPS) is 27.6. The third-order valence-corrected chi connectivity index (χ3v) is 5.33. The Labute approximate surface area is 150 Å². The van der Waals surface area contributed by atoms with Crippen LogP contribution in [0.15, 0.2) is 24.3 Å². The number of hydrogen-bond acceptors (Lipinski definition) is 5. The molecule has 25 heavy (non-hydrogen) atoms. The molecule has 2 aliphatic rings. The van der Waals surface area contributed by atoms with Gasteiger partial charge in [-0.05, 0) is 31.4 Å². The van der Waals surface area contributed by atoms with Crippen LogP contribution >= 0.6 is 0 Å². The molecule has 3 rings (SSSR count). The number of aliphatic hydroxyl groups is 2. The molecular formula is C20H31NO4. The molecule has 0 amide bonds. The summed E-state index contributed by atoms with van der Waals surface area (Å²) < 4.78 is 11.5. The molecule has 2 N–H and O–H groups in total. The molecule has 0 radical (unpaired) electrons. The van der Waals surface area contributed by atoms with Crippen molar-refractivity contribution in [3.63, 3.8) is 0 Å². The average Bonchev–Trinajstić information content (AvgIpc) is 2.76. The highest BCUT2D eigenvalue weighted by atomic mass is 16.5. The van der Waals surface area contributed by atoms with Crippen LogP contribution in [0, 0.1) is 6.92 Å². The Hall–Kier alpha value is -1.14. The van der Waals surface area contributed by atoms with Crippen molar-refractivity contribution in [3.8, 4) is 5.75 Å². The lowest BCUT2D eigenvalue weighted by atomic mass is 9.84. The van der Waals surface area contributed by atoms with E-state index in [0.29, 0.717) is 19.7 Å². The van der Waals surface area contributed by atoms with Crippen molar-refractivity contribution in [1.29, 1.82) is 0 Å². The van der Waals surface area contributed by atoms with Crippen molar-refractivity contribution in [3.05, 3.63) is 29.8 Å². The molecule has 0 spiro atoms. The lowest BCUT2D eigenvalue weighted by molar-refractivity contribution is -0.0760. The van der Waals surface area contributed by atoms with Crippen molar-refractivity contribution in [1.82, 2.24) is 4.90 Å². The summed E-state index contributed by atoms with van der Waals surface area (Å²) in [7, 11) is 0. The zero-order valence-electron chi connectivity index (χ0n) is 15.2. The van der Waals surface area contributed by atoms with Gasteiger partial charge in [-0.1, -0.05) is 37.5 Å². The molecule has 2 fully saturated rings. The lowest BCUT2D eigenvalue weighted by Crippen LogP contribution is -2.53. The van der Waals surface area contributed by atoms with E-state index in [1.54, 1.807) is 0 Å². The van der Waals surface area contributed by atoms with Gasteiger partial charge in [0.25, 0.3) is 0 Å². The van der Waals surface area contributed by atoms with E-state index in [0.717, 1.165) is 43.5 Å². The Morgan fingerprint density at radius 1 is 1.12 bits per heavy atom. The van der Waals surface area contributed by atoms with Gasteiger partial charge < -0.3 is 19.7 Å². The first-order valence-corrected chi connectivity index (χ1v) is 9.41. The average molecular weight is 349 g/mol. The van der Waals surface area contributed by atoms with E-state index in [-0.39, 0.29) is 13.2 Å². The van der Waals surface area contributed by atoms with Gasteiger partial charge in [0.05, 0.1) is 18.8 Å². The largest absolute Gasteiger partial charge is 0.490 e. The number of aryl methyl sites for hydroxylation is 1. The molecule has 1 aliphatic carbocycles. The van der Waals surface area contributed by atoms with Crippen molar-refractivity contribution >= 4 is 0 Å². The second-order valence-electron chi connectivity index (χ2n) is 7.83. The molecule has 1 aromatic carbocycles. The Kier molecular flexibility index (Phi) is 6.00. The second-order valence-corrected chi connectivity index (χ2v) is 7.83. The number of rotatable bonds is 5. The highest BCUT2D eigenvalue weighted by molar-refractivity contribution is 5.31. The lowest BCUT2D eigenvalue weighted by Gasteiger charge is -2.38. The van der Waals surface area contributed by atoms with Crippen LogP contribution in [0.3, 0.4) is 0 Å². The zero-order valence-corrected chi connectivity index (χ0v) is 15.2. The molecule has 1 aromatic rings. The van der Waals surface area contributed by atoms with Crippen molar-refractivity contribution < 1.29 is 19.7 Å². The molecule has 1 atom stereocenters. The minimum absolute atomic E-state index is 0.187. The van der Waals surface area contributed by atoms with Gasteiger partial charge in [-0.25, -0.2) is 0 Å². The van der Waals surface area contributed by atoms with Gasteiger partial charge in [-0.15, -0.1) is 0 Å². The number of para-hydroxylation sites is 1. The van der Waals surface area contributed by atoms with Gasteiger partial charge in [0.15, 0.2) is 0 Å². The Balaban J connectivity index is 1.61. The number of hydrogen-bond donors (Lipinski definition) is 2. The summed E-state index contributed by atoms with van der Waals surface area (Å²) in [5.41, 5.74) is -0.640. The van der Waals surface area contributed by atoms with Crippen LogP contribution in [0.1, 0.15) is 37.7 Å². The molecule has 1 heterocycles. The SMILES string of the molecule is Cc1ccccc1OCC1(O)COCCN(CC2(O)CCCCC2)C1. The maximum Gasteiger partial charge on any atom is 0.134 e.